The van der Waals surface area contributed by atoms with Gasteiger partial charge in [-0.2, -0.15) is 0 Å². The predicted octanol–water partition coefficient (Wildman–Crippen LogP) is 3.47. The maximum atomic E-state index is 12.1. The maximum Gasteiger partial charge on any atom is 0.286 e. The summed E-state index contributed by atoms with van der Waals surface area (Å²) < 4.78 is 17.0. The van der Waals surface area contributed by atoms with Crippen molar-refractivity contribution in [2.24, 2.45) is 0 Å². The van der Waals surface area contributed by atoms with Crippen molar-refractivity contribution in [3.8, 4) is 11.5 Å². The molecule has 1 fully saturated rings. The van der Waals surface area contributed by atoms with Crippen LogP contribution in [0.5, 0.6) is 11.5 Å². The lowest BCUT2D eigenvalue weighted by atomic mass is 10.2. The Kier molecular flexibility index (Phi) is 4.75. The van der Waals surface area contributed by atoms with Gasteiger partial charge in [0.1, 0.15) is 0 Å². The van der Waals surface area contributed by atoms with Crippen molar-refractivity contribution < 1.29 is 23.5 Å². The number of hydrogen-bond acceptors (Lipinski definition) is 5. The molecule has 2 aliphatic rings. The molecule has 1 aromatic heterocycles. The van der Waals surface area contributed by atoms with Gasteiger partial charge in [-0.25, -0.2) is 0 Å². The number of amides is 2. The molecule has 7 heteroatoms. The Hall–Kier alpha value is -2.96. The van der Waals surface area contributed by atoms with Crippen molar-refractivity contribution in [2.45, 2.75) is 44.3 Å². The minimum Gasteiger partial charge on any atom is -0.459 e. The van der Waals surface area contributed by atoms with Crippen molar-refractivity contribution >= 4 is 17.5 Å². The van der Waals surface area contributed by atoms with Gasteiger partial charge in [-0.3, -0.25) is 9.59 Å². The summed E-state index contributed by atoms with van der Waals surface area (Å²) >= 11 is 0. The van der Waals surface area contributed by atoms with Gasteiger partial charge in [0, 0.05) is 37.6 Å². The number of fused-ring (bicyclic) bond motifs is 1. The van der Waals surface area contributed by atoms with Crippen LogP contribution >= 0.6 is 0 Å². The van der Waals surface area contributed by atoms with Crippen molar-refractivity contribution in [3.63, 3.8) is 0 Å². The lowest BCUT2D eigenvalue weighted by Gasteiger charge is -2.21. The Balaban J connectivity index is 1.23. The Morgan fingerprint density at radius 2 is 1.89 bits per heavy atom. The van der Waals surface area contributed by atoms with Crippen molar-refractivity contribution in [2.75, 3.05) is 11.9 Å². The fraction of sp³-hybridized carbons (Fsp3) is 0.400. The summed E-state index contributed by atoms with van der Waals surface area (Å²) in [4.78, 5) is 23.8. The molecule has 7 nitrogen and oxygen atoms in total. The normalized spacial score (nSPS) is 16.4. The van der Waals surface area contributed by atoms with Gasteiger partial charge in [0.15, 0.2) is 17.3 Å². The minimum absolute atomic E-state index is 0.114. The van der Waals surface area contributed by atoms with Crippen LogP contribution in [0.4, 0.5) is 5.69 Å². The third-order valence-corrected chi connectivity index (χ3v) is 4.80. The molecule has 1 spiro atoms. The van der Waals surface area contributed by atoms with E-state index < -0.39 is 5.79 Å². The summed E-state index contributed by atoms with van der Waals surface area (Å²) in [5, 5.41) is 5.58. The molecule has 0 unspecified atom stereocenters. The highest BCUT2D eigenvalue weighted by atomic mass is 16.7. The first-order chi connectivity index (χ1) is 13.1. The first kappa shape index (κ1) is 17.5. The molecule has 142 valence electrons. The van der Waals surface area contributed by atoms with Crippen LogP contribution in [0.2, 0.25) is 0 Å². The number of benzene rings is 1. The largest absolute Gasteiger partial charge is 0.459 e. The molecular formula is C20H22N2O5. The molecule has 27 heavy (non-hydrogen) atoms. The smallest absolute Gasteiger partial charge is 0.286 e. The Morgan fingerprint density at radius 1 is 1.07 bits per heavy atom. The van der Waals surface area contributed by atoms with Gasteiger partial charge in [0.25, 0.3) is 11.7 Å². The second kappa shape index (κ2) is 7.34. The van der Waals surface area contributed by atoms with Gasteiger partial charge in [0.05, 0.1) is 6.26 Å². The summed E-state index contributed by atoms with van der Waals surface area (Å²) in [7, 11) is 0. The molecule has 2 N–H and O–H groups in total. The Morgan fingerprint density at radius 3 is 2.67 bits per heavy atom. The lowest BCUT2D eigenvalue weighted by Crippen LogP contribution is -2.34. The number of rotatable bonds is 6. The quantitative estimate of drug-likeness (QED) is 0.760. The summed E-state index contributed by atoms with van der Waals surface area (Å²) in [6.45, 7) is 0.399. The molecule has 0 atom stereocenters. The van der Waals surface area contributed by atoms with Crippen LogP contribution in [0.15, 0.2) is 41.0 Å². The van der Waals surface area contributed by atoms with E-state index in [9.17, 15) is 9.59 Å². The number of hydrogen-bond donors (Lipinski definition) is 2. The fourth-order valence-electron chi connectivity index (χ4n) is 3.46. The predicted molar refractivity (Wildman–Crippen MR) is 97.8 cm³/mol. The molecule has 2 amide bonds. The van der Waals surface area contributed by atoms with E-state index in [2.05, 4.69) is 10.6 Å². The monoisotopic (exact) mass is 370 g/mol. The van der Waals surface area contributed by atoms with E-state index in [1.807, 2.05) is 12.1 Å². The second-order valence-corrected chi connectivity index (χ2v) is 6.87. The molecule has 4 rings (SSSR count). The summed E-state index contributed by atoms with van der Waals surface area (Å²) in [6.07, 6.45) is 6.29. The maximum absolute atomic E-state index is 12.1. The number of anilines is 1. The number of carbonyl (C=O) groups excluding carboxylic acids is 2. The molecule has 2 aromatic rings. The van der Waals surface area contributed by atoms with E-state index in [1.54, 1.807) is 18.2 Å². The van der Waals surface area contributed by atoms with Gasteiger partial charge < -0.3 is 24.5 Å². The lowest BCUT2D eigenvalue weighted by molar-refractivity contribution is -0.116. The van der Waals surface area contributed by atoms with Crippen LogP contribution in [0.25, 0.3) is 0 Å². The van der Waals surface area contributed by atoms with E-state index in [0.717, 1.165) is 31.4 Å². The van der Waals surface area contributed by atoms with Gasteiger partial charge in [-0.1, -0.05) is 0 Å². The number of furan rings is 1. The van der Waals surface area contributed by atoms with Crippen LogP contribution in [-0.2, 0) is 4.79 Å². The van der Waals surface area contributed by atoms with Crippen LogP contribution in [0.1, 0.15) is 49.1 Å². The Bertz CT molecular complexity index is 825. The summed E-state index contributed by atoms with van der Waals surface area (Å²) in [6, 6.07) is 8.70. The highest BCUT2D eigenvalue weighted by molar-refractivity contribution is 5.92. The van der Waals surface area contributed by atoms with E-state index >= 15 is 0 Å². The molecule has 1 aromatic carbocycles. The average Bonchev–Trinajstić information content (AvgIpc) is 3.39. The van der Waals surface area contributed by atoms with Crippen LogP contribution < -0.4 is 20.1 Å². The van der Waals surface area contributed by atoms with E-state index in [-0.39, 0.29) is 17.6 Å². The molecular weight excluding hydrogens is 348 g/mol. The number of nitrogens with one attached hydrogen (secondary N) is 2. The van der Waals surface area contributed by atoms with Crippen LogP contribution in [0, 0.1) is 0 Å². The van der Waals surface area contributed by atoms with Crippen molar-refractivity contribution in [1.29, 1.82) is 0 Å². The zero-order chi connectivity index (χ0) is 18.7. The van der Waals surface area contributed by atoms with Crippen molar-refractivity contribution in [3.05, 3.63) is 42.4 Å². The summed E-state index contributed by atoms with van der Waals surface area (Å²) in [5.41, 5.74) is 0.678. The van der Waals surface area contributed by atoms with Gasteiger partial charge in [0.2, 0.25) is 5.91 Å². The third kappa shape index (κ3) is 3.92. The van der Waals surface area contributed by atoms with Gasteiger partial charge in [-0.15, -0.1) is 0 Å². The number of carbonyl (C=O) groups is 2. The molecule has 1 saturated carbocycles. The van der Waals surface area contributed by atoms with Crippen molar-refractivity contribution in [1.82, 2.24) is 5.32 Å². The highest BCUT2D eigenvalue weighted by Gasteiger charge is 2.44. The number of ether oxygens (including phenoxy) is 2. The first-order valence-electron chi connectivity index (χ1n) is 9.27. The SMILES string of the molecule is O=C(CCCNC(=O)c1ccco1)Nc1ccc2c(c1)OC1(CCCC1)O2. The fourth-order valence-corrected chi connectivity index (χ4v) is 3.46. The standard InChI is InChI=1S/C20H22N2O5/c23-18(6-3-11-21-19(24)16-5-4-12-25-16)22-14-7-8-15-17(13-14)27-20(26-15)9-1-2-10-20/h4-5,7-8,12-13H,1-3,6,9-11H2,(H,21,24)(H,22,23). The molecule has 0 radical (unpaired) electrons. The van der Waals surface area contributed by atoms with Gasteiger partial charge >= 0.3 is 0 Å². The second-order valence-electron chi connectivity index (χ2n) is 6.87. The minimum atomic E-state index is -0.503. The topological polar surface area (TPSA) is 89.8 Å². The summed E-state index contributed by atoms with van der Waals surface area (Å²) in [5.74, 6) is 0.779. The van der Waals surface area contributed by atoms with Gasteiger partial charge in [-0.05, 0) is 43.5 Å². The van der Waals surface area contributed by atoms with E-state index in [1.165, 1.54) is 6.26 Å². The Labute approximate surface area is 157 Å². The van der Waals surface area contributed by atoms with Crippen LogP contribution in [-0.4, -0.2) is 24.1 Å². The zero-order valence-corrected chi connectivity index (χ0v) is 15.0. The van der Waals surface area contributed by atoms with Crippen LogP contribution in [0.3, 0.4) is 0 Å². The first-order valence-corrected chi connectivity index (χ1v) is 9.27. The molecule has 2 heterocycles. The zero-order valence-electron chi connectivity index (χ0n) is 15.0. The highest BCUT2D eigenvalue weighted by Crippen LogP contribution is 2.47. The van der Waals surface area contributed by atoms with E-state index in [0.29, 0.717) is 30.8 Å². The average molecular weight is 370 g/mol. The third-order valence-electron chi connectivity index (χ3n) is 4.80. The van der Waals surface area contributed by atoms with E-state index in [4.69, 9.17) is 13.9 Å². The molecule has 0 bridgehead atoms. The molecule has 0 saturated heterocycles. The molecule has 1 aliphatic carbocycles. The molecule has 1 aliphatic heterocycles.